The van der Waals surface area contributed by atoms with Crippen LogP contribution in [0.1, 0.15) is 12.8 Å². The lowest BCUT2D eigenvalue weighted by Crippen LogP contribution is -2.53. The Morgan fingerprint density at radius 2 is 1.87 bits per heavy atom. The standard InChI is InChI=1S/C10H21N5/c1-14-6-8-2-3-9(7-14)15(8)5-4-13-10(11)12/h8-9H,2-7H2,1H3,(H4,11,12,13). The Morgan fingerprint density at radius 3 is 2.40 bits per heavy atom. The molecule has 2 bridgehead atoms. The van der Waals surface area contributed by atoms with Gasteiger partial charge >= 0.3 is 0 Å². The highest BCUT2D eigenvalue weighted by Gasteiger charge is 2.37. The van der Waals surface area contributed by atoms with E-state index in [2.05, 4.69) is 21.8 Å². The van der Waals surface area contributed by atoms with Crippen LogP contribution in [0.2, 0.25) is 0 Å². The minimum atomic E-state index is 0.205. The summed E-state index contributed by atoms with van der Waals surface area (Å²) in [4.78, 5) is 9.06. The van der Waals surface area contributed by atoms with Crippen molar-refractivity contribution in [3.8, 4) is 0 Å². The van der Waals surface area contributed by atoms with Crippen LogP contribution in [0.25, 0.3) is 0 Å². The van der Waals surface area contributed by atoms with E-state index in [1.54, 1.807) is 0 Å². The molecule has 2 aliphatic rings. The average molecular weight is 211 g/mol. The van der Waals surface area contributed by atoms with Gasteiger partial charge in [0.15, 0.2) is 5.96 Å². The molecule has 2 saturated heterocycles. The van der Waals surface area contributed by atoms with E-state index in [0.717, 1.165) is 25.2 Å². The molecule has 2 atom stereocenters. The van der Waals surface area contributed by atoms with Crippen LogP contribution in [0.4, 0.5) is 0 Å². The Labute approximate surface area is 91.1 Å². The quantitative estimate of drug-likeness (QED) is 0.466. The van der Waals surface area contributed by atoms with Crippen molar-refractivity contribution in [3.05, 3.63) is 0 Å². The van der Waals surface area contributed by atoms with Crippen molar-refractivity contribution in [1.29, 1.82) is 0 Å². The first kappa shape index (κ1) is 10.7. The number of aliphatic imine (C=N–C) groups is 1. The van der Waals surface area contributed by atoms with Gasteiger partial charge in [-0.2, -0.15) is 0 Å². The highest BCUT2D eigenvalue weighted by atomic mass is 15.3. The lowest BCUT2D eigenvalue weighted by atomic mass is 10.2. The number of rotatable bonds is 3. The van der Waals surface area contributed by atoms with Gasteiger partial charge in [-0.05, 0) is 19.9 Å². The van der Waals surface area contributed by atoms with Crippen LogP contribution < -0.4 is 11.5 Å². The zero-order valence-electron chi connectivity index (χ0n) is 9.39. The summed E-state index contributed by atoms with van der Waals surface area (Å²) in [6.07, 6.45) is 2.66. The molecule has 0 spiro atoms. The molecule has 0 aromatic carbocycles. The summed E-state index contributed by atoms with van der Waals surface area (Å²) in [6, 6.07) is 1.45. The first-order valence-corrected chi connectivity index (χ1v) is 5.66. The maximum atomic E-state index is 5.32. The monoisotopic (exact) mass is 211 g/mol. The second kappa shape index (κ2) is 4.37. The van der Waals surface area contributed by atoms with E-state index in [-0.39, 0.29) is 5.96 Å². The second-order valence-electron chi connectivity index (χ2n) is 4.65. The van der Waals surface area contributed by atoms with Crippen molar-refractivity contribution in [1.82, 2.24) is 9.80 Å². The van der Waals surface area contributed by atoms with Crippen molar-refractivity contribution in [2.24, 2.45) is 16.5 Å². The van der Waals surface area contributed by atoms with Crippen LogP contribution in [-0.2, 0) is 0 Å². The van der Waals surface area contributed by atoms with Gasteiger partial charge in [-0.15, -0.1) is 0 Å². The van der Waals surface area contributed by atoms with Crippen LogP contribution in [0.5, 0.6) is 0 Å². The van der Waals surface area contributed by atoms with E-state index < -0.39 is 0 Å². The topological polar surface area (TPSA) is 70.9 Å². The number of likely N-dealkylation sites (N-methyl/N-ethyl adjacent to an activating group) is 1. The Hall–Kier alpha value is -0.810. The Balaban J connectivity index is 1.86. The SMILES string of the molecule is CN1CC2CCC(C1)N2CCN=C(N)N. The molecule has 0 saturated carbocycles. The second-order valence-corrected chi connectivity index (χ2v) is 4.65. The summed E-state index contributed by atoms with van der Waals surface area (Å²) in [7, 11) is 2.21. The predicted octanol–water partition coefficient (Wildman–Crippen LogP) is -0.962. The van der Waals surface area contributed by atoms with Gasteiger partial charge in [-0.25, -0.2) is 0 Å². The molecular formula is C10H21N5. The maximum absolute atomic E-state index is 5.32. The third kappa shape index (κ3) is 2.41. The van der Waals surface area contributed by atoms with Crippen LogP contribution in [0.3, 0.4) is 0 Å². The minimum Gasteiger partial charge on any atom is -0.370 e. The Morgan fingerprint density at radius 1 is 1.27 bits per heavy atom. The van der Waals surface area contributed by atoms with Crippen molar-refractivity contribution in [2.75, 3.05) is 33.2 Å². The molecule has 4 N–H and O–H groups in total. The fourth-order valence-corrected chi connectivity index (χ4v) is 2.86. The number of guanidine groups is 1. The number of nitrogens with two attached hydrogens (primary N) is 2. The van der Waals surface area contributed by atoms with Gasteiger partial charge in [0.25, 0.3) is 0 Å². The minimum absolute atomic E-state index is 0.205. The van der Waals surface area contributed by atoms with Crippen molar-refractivity contribution >= 4 is 5.96 Å². The highest BCUT2D eigenvalue weighted by molar-refractivity contribution is 5.75. The average Bonchev–Trinajstić information content (AvgIpc) is 2.42. The number of nitrogens with zero attached hydrogens (tertiary/aromatic N) is 3. The van der Waals surface area contributed by atoms with Crippen molar-refractivity contribution < 1.29 is 0 Å². The maximum Gasteiger partial charge on any atom is 0.185 e. The number of likely N-dealkylation sites (tertiary alicyclic amines) is 1. The van der Waals surface area contributed by atoms with Crippen LogP contribution in [0, 0.1) is 0 Å². The molecule has 5 nitrogen and oxygen atoms in total. The largest absolute Gasteiger partial charge is 0.370 e. The molecule has 0 aromatic rings. The van der Waals surface area contributed by atoms with Gasteiger partial charge in [0, 0.05) is 31.7 Å². The predicted molar refractivity (Wildman–Crippen MR) is 61.7 cm³/mol. The van der Waals surface area contributed by atoms with E-state index in [1.165, 1.54) is 25.9 Å². The van der Waals surface area contributed by atoms with Gasteiger partial charge in [0.2, 0.25) is 0 Å². The Bertz CT molecular complexity index is 234. The van der Waals surface area contributed by atoms with Gasteiger partial charge in [-0.1, -0.05) is 0 Å². The number of hydrogen-bond donors (Lipinski definition) is 2. The third-order valence-electron chi connectivity index (χ3n) is 3.47. The Kier molecular flexibility index (Phi) is 3.11. The molecule has 2 aliphatic heterocycles. The first-order chi connectivity index (χ1) is 7.16. The molecule has 2 fully saturated rings. The van der Waals surface area contributed by atoms with Crippen molar-refractivity contribution in [2.45, 2.75) is 24.9 Å². The van der Waals surface area contributed by atoms with E-state index in [4.69, 9.17) is 11.5 Å². The van der Waals surface area contributed by atoms with Gasteiger partial charge < -0.3 is 16.4 Å². The normalized spacial score (nSPS) is 31.8. The van der Waals surface area contributed by atoms with E-state index >= 15 is 0 Å². The zero-order chi connectivity index (χ0) is 10.8. The van der Waals surface area contributed by atoms with Gasteiger partial charge in [0.1, 0.15) is 0 Å². The summed E-state index contributed by atoms with van der Waals surface area (Å²) in [6.45, 7) is 4.12. The lowest BCUT2D eigenvalue weighted by molar-refractivity contribution is 0.0856. The molecule has 0 amide bonds. The summed E-state index contributed by atoms with van der Waals surface area (Å²) in [5, 5.41) is 0. The molecule has 2 heterocycles. The van der Waals surface area contributed by atoms with Crippen LogP contribution >= 0.6 is 0 Å². The van der Waals surface area contributed by atoms with Gasteiger partial charge in [0.05, 0.1) is 6.54 Å². The number of hydrogen-bond acceptors (Lipinski definition) is 3. The molecular weight excluding hydrogens is 190 g/mol. The molecule has 2 rings (SSSR count). The van der Waals surface area contributed by atoms with E-state index in [0.29, 0.717) is 0 Å². The summed E-state index contributed by atoms with van der Waals surface area (Å²) in [5.41, 5.74) is 10.6. The summed E-state index contributed by atoms with van der Waals surface area (Å²) < 4.78 is 0. The van der Waals surface area contributed by atoms with Crippen molar-refractivity contribution in [3.63, 3.8) is 0 Å². The molecule has 5 heteroatoms. The zero-order valence-corrected chi connectivity index (χ0v) is 9.39. The van der Waals surface area contributed by atoms with Crippen LogP contribution in [-0.4, -0.2) is 61.1 Å². The van der Waals surface area contributed by atoms with E-state index in [1.807, 2.05) is 0 Å². The first-order valence-electron chi connectivity index (χ1n) is 5.66. The smallest absolute Gasteiger partial charge is 0.185 e. The molecule has 0 radical (unpaired) electrons. The van der Waals surface area contributed by atoms with Crippen LogP contribution in [0.15, 0.2) is 4.99 Å². The third-order valence-corrected chi connectivity index (χ3v) is 3.47. The number of fused-ring (bicyclic) bond motifs is 2. The molecule has 0 aromatic heterocycles. The van der Waals surface area contributed by atoms with Gasteiger partial charge in [-0.3, -0.25) is 9.89 Å². The van der Waals surface area contributed by atoms with E-state index in [9.17, 15) is 0 Å². The summed E-state index contributed by atoms with van der Waals surface area (Å²) in [5.74, 6) is 0.205. The fraction of sp³-hybridized carbons (Fsp3) is 0.900. The lowest BCUT2D eigenvalue weighted by Gasteiger charge is -2.39. The molecule has 15 heavy (non-hydrogen) atoms. The molecule has 86 valence electrons. The number of piperazine rings is 1. The highest BCUT2D eigenvalue weighted by Crippen LogP contribution is 2.28. The molecule has 0 aliphatic carbocycles. The molecule has 2 unspecified atom stereocenters. The fourth-order valence-electron chi connectivity index (χ4n) is 2.86. The summed E-state index contributed by atoms with van der Waals surface area (Å²) >= 11 is 0.